The van der Waals surface area contributed by atoms with Crippen LogP contribution in [0.2, 0.25) is 0 Å². The molecule has 0 aliphatic heterocycles. The Balaban J connectivity index is 2.34. The molecule has 2 aromatic rings. The van der Waals surface area contributed by atoms with Gasteiger partial charge >= 0.3 is 7.60 Å². The monoisotopic (exact) mass is 349 g/mol. The minimum absolute atomic E-state index is 0.401. The van der Waals surface area contributed by atoms with Crippen LogP contribution >= 0.6 is 7.60 Å². The first kappa shape index (κ1) is 18.4. The molecule has 0 spiro atoms. The summed E-state index contributed by atoms with van der Waals surface area (Å²) in [6, 6.07) is 16.4. The van der Waals surface area contributed by atoms with Crippen LogP contribution < -0.4 is 5.32 Å². The Labute approximate surface area is 141 Å². The highest BCUT2D eigenvalue weighted by Crippen LogP contribution is 2.54. The fourth-order valence-electron chi connectivity index (χ4n) is 2.28. The summed E-state index contributed by atoms with van der Waals surface area (Å²) in [5.74, 6) is -1.95. The summed E-state index contributed by atoms with van der Waals surface area (Å²) in [5.41, 5.74) is 1.01. The van der Waals surface area contributed by atoms with Crippen LogP contribution in [0, 0.1) is 0 Å². The molecule has 6 nitrogen and oxygen atoms in total. The Kier molecular flexibility index (Phi) is 6.29. The molecule has 0 saturated carbocycles. The first-order valence-electron chi connectivity index (χ1n) is 7.32. The van der Waals surface area contributed by atoms with Crippen molar-refractivity contribution in [3.8, 4) is 0 Å². The van der Waals surface area contributed by atoms with Crippen molar-refractivity contribution in [3.05, 3.63) is 71.8 Å². The third-order valence-corrected chi connectivity index (χ3v) is 5.58. The van der Waals surface area contributed by atoms with Crippen LogP contribution in [-0.4, -0.2) is 31.1 Å². The van der Waals surface area contributed by atoms with Gasteiger partial charge in [-0.25, -0.2) is 0 Å². The molecule has 0 fully saturated rings. The first-order chi connectivity index (χ1) is 11.5. The third kappa shape index (κ3) is 4.10. The van der Waals surface area contributed by atoms with E-state index < -0.39 is 25.4 Å². The van der Waals surface area contributed by atoms with Gasteiger partial charge in [0.25, 0.3) is 5.91 Å². The van der Waals surface area contributed by atoms with Gasteiger partial charge in [-0.05, 0) is 17.7 Å². The van der Waals surface area contributed by atoms with E-state index in [0.717, 1.165) is 0 Å². The van der Waals surface area contributed by atoms with Gasteiger partial charge in [-0.15, -0.1) is 0 Å². The number of rotatable bonds is 7. The van der Waals surface area contributed by atoms with Crippen molar-refractivity contribution in [2.24, 2.45) is 0 Å². The van der Waals surface area contributed by atoms with Crippen LogP contribution in [0.5, 0.6) is 0 Å². The average molecular weight is 349 g/mol. The number of carbonyl (C=O) groups is 1. The van der Waals surface area contributed by atoms with Gasteiger partial charge in [0.2, 0.25) is 0 Å². The van der Waals surface area contributed by atoms with Crippen LogP contribution in [0.15, 0.2) is 60.7 Å². The molecule has 0 bridgehead atoms. The van der Waals surface area contributed by atoms with Crippen molar-refractivity contribution in [1.29, 1.82) is 0 Å². The number of aliphatic hydroxyl groups excluding tert-OH is 1. The summed E-state index contributed by atoms with van der Waals surface area (Å²) in [6.45, 7) is 0. The van der Waals surface area contributed by atoms with Crippen LogP contribution in [0.3, 0.4) is 0 Å². The normalized spacial score (nSPS) is 14.0. The topological polar surface area (TPSA) is 84.9 Å². The summed E-state index contributed by atoms with van der Waals surface area (Å²) in [7, 11) is -1.42. The van der Waals surface area contributed by atoms with Gasteiger partial charge in [0.05, 0.1) is 6.04 Å². The fraction of sp³-hybridized carbons (Fsp3) is 0.235. The maximum Gasteiger partial charge on any atom is 0.360 e. The number of hydrogen-bond acceptors (Lipinski definition) is 5. The van der Waals surface area contributed by atoms with E-state index in [0.29, 0.717) is 11.1 Å². The molecule has 0 radical (unpaired) electrons. The second-order valence-electron chi connectivity index (χ2n) is 5.05. The number of carbonyl (C=O) groups excluding carboxylic acids is 1. The number of nitrogens with one attached hydrogen (secondary N) is 1. The molecule has 24 heavy (non-hydrogen) atoms. The Morgan fingerprint density at radius 1 is 1.00 bits per heavy atom. The lowest BCUT2D eigenvalue weighted by atomic mass is 10.1. The molecule has 0 unspecified atom stereocenters. The van der Waals surface area contributed by atoms with Crippen molar-refractivity contribution >= 4 is 13.5 Å². The molecular weight excluding hydrogens is 329 g/mol. The largest absolute Gasteiger partial charge is 0.378 e. The molecular formula is C17H20NO5P. The zero-order valence-electron chi connectivity index (χ0n) is 13.5. The van der Waals surface area contributed by atoms with E-state index in [1.54, 1.807) is 60.7 Å². The molecule has 2 N–H and O–H groups in total. The molecule has 0 aromatic heterocycles. The van der Waals surface area contributed by atoms with E-state index >= 15 is 0 Å². The van der Waals surface area contributed by atoms with Crippen molar-refractivity contribution in [2.45, 2.75) is 11.9 Å². The third-order valence-electron chi connectivity index (χ3n) is 3.61. The highest BCUT2D eigenvalue weighted by Gasteiger charge is 2.40. The number of hydrogen-bond donors (Lipinski definition) is 2. The Bertz CT molecular complexity index is 699. The molecule has 2 atom stereocenters. The minimum Gasteiger partial charge on any atom is -0.378 e. The summed E-state index contributed by atoms with van der Waals surface area (Å²) < 4.78 is 22.3. The van der Waals surface area contributed by atoms with Crippen molar-refractivity contribution < 1.29 is 23.5 Å². The second kappa shape index (κ2) is 8.22. The summed E-state index contributed by atoms with van der Waals surface area (Å²) >= 11 is 0. The summed E-state index contributed by atoms with van der Waals surface area (Å²) in [4.78, 5) is 12.4. The molecule has 2 rings (SSSR count). The molecule has 0 aliphatic rings. The van der Waals surface area contributed by atoms with Crippen molar-refractivity contribution in [2.75, 3.05) is 14.2 Å². The van der Waals surface area contributed by atoms with Gasteiger partial charge in [-0.2, -0.15) is 0 Å². The van der Waals surface area contributed by atoms with Gasteiger partial charge in [0.15, 0.2) is 5.85 Å². The quantitative estimate of drug-likeness (QED) is 0.751. The standard InChI is InChI=1S/C17H20NO5P/c1-22-24(21,23-2)17(20)15(13-9-5-3-6-10-13)18-16(19)14-11-7-4-8-12-14/h3-12,15,17,20H,1-2H3,(H,18,19)/t15-,17+/m0/s1. The van der Waals surface area contributed by atoms with E-state index in [-0.39, 0.29) is 0 Å². The molecule has 0 aliphatic carbocycles. The number of benzene rings is 2. The van der Waals surface area contributed by atoms with Gasteiger partial charge in [-0.3, -0.25) is 9.36 Å². The second-order valence-corrected chi connectivity index (χ2v) is 7.39. The van der Waals surface area contributed by atoms with Crippen LogP contribution in [0.1, 0.15) is 22.0 Å². The Hall–Kier alpha value is -1.98. The molecule has 7 heteroatoms. The minimum atomic E-state index is -3.80. The molecule has 128 valence electrons. The Morgan fingerprint density at radius 2 is 1.50 bits per heavy atom. The predicted molar refractivity (Wildman–Crippen MR) is 90.7 cm³/mol. The van der Waals surface area contributed by atoms with Crippen LogP contribution in [0.25, 0.3) is 0 Å². The van der Waals surface area contributed by atoms with Crippen molar-refractivity contribution in [1.82, 2.24) is 5.32 Å². The maximum absolute atomic E-state index is 12.5. The summed E-state index contributed by atoms with van der Waals surface area (Å²) in [5, 5.41) is 13.3. The highest BCUT2D eigenvalue weighted by molar-refractivity contribution is 7.54. The van der Waals surface area contributed by atoms with Gasteiger partial charge in [0.1, 0.15) is 0 Å². The van der Waals surface area contributed by atoms with Crippen molar-refractivity contribution in [3.63, 3.8) is 0 Å². The van der Waals surface area contributed by atoms with E-state index in [1.165, 1.54) is 14.2 Å². The number of aliphatic hydroxyl groups is 1. The predicted octanol–water partition coefficient (Wildman–Crippen LogP) is 2.96. The maximum atomic E-state index is 12.5. The van der Waals surface area contributed by atoms with Crippen LogP contribution in [0.4, 0.5) is 0 Å². The lowest BCUT2D eigenvalue weighted by Gasteiger charge is -2.28. The molecule has 0 saturated heterocycles. The van der Waals surface area contributed by atoms with Gasteiger partial charge < -0.3 is 19.5 Å². The SMILES string of the molecule is COP(=O)(OC)[C@@H](O)[C@@H](NC(=O)c1ccccc1)c1ccccc1. The molecule has 0 heterocycles. The summed E-state index contributed by atoms with van der Waals surface area (Å²) in [6.07, 6.45) is 0. The van der Waals surface area contributed by atoms with E-state index in [2.05, 4.69) is 5.32 Å². The van der Waals surface area contributed by atoms with E-state index in [9.17, 15) is 14.5 Å². The average Bonchev–Trinajstić information content (AvgIpc) is 2.66. The zero-order chi connectivity index (χ0) is 17.6. The lowest BCUT2D eigenvalue weighted by Crippen LogP contribution is -2.36. The van der Waals surface area contributed by atoms with E-state index in [4.69, 9.17) is 9.05 Å². The lowest BCUT2D eigenvalue weighted by molar-refractivity contribution is 0.0876. The molecule has 1 amide bonds. The highest BCUT2D eigenvalue weighted by atomic mass is 31.2. The first-order valence-corrected chi connectivity index (χ1v) is 8.93. The van der Waals surface area contributed by atoms with E-state index in [1.807, 2.05) is 0 Å². The number of amides is 1. The Morgan fingerprint density at radius 3 is 2.00 bits per heavy atom. The van der Waals surface area contributed by atoms with Crippen LogP contribution in [-0.2, 0) is 13.6 Å². The smallest absolute Gasteiger partial charge is 0.360 e. The van der Waals surface area contributed by atoms with Gasteiger partial charge in [-0.1, -0.05) is 48.5 Å². The molecule has 2 aromatic carbocycles. The zero-order valence-corrected chi connectivity index (χ0v) is 14.4. The fourth-order valence-corrected chi connectivity index (χ4v) is 3.47. The van der Waals surface area contributed by atoms with Gasteiger partial charge in [0, 0.05) is 19.8 Å².